The van der Waals surface area contributed by atoms with Crippen molar-refractivity contribution in [1.29, 1.82) is 0 Å². The molecule has 22 heavy (non-hydrogen) atoms. The van der Waals surface area contributed by atoms with Gasteiger partial charge in [-0.1, -0.05) is 13.3 Å². The first-order valence-corrected chi connectivity index (χ1v) is 10.3. The molecule has 1 saturated heterocycles. The van der Waals surface area contributed by atoms with Crippen LogP contribution in [0.4, 0.5) is 0 Å². The predicted octanol–water partition coefficient (Wildman–Crippen LogP) is 1.61. The number of sulfone groups is 1. The van der Waals surface area contributed by atoms with Gasteiger partial charge >= 0.3 is 0 Å². The summed E-state index contributed by atoms with van der Waals surface area (Å²) in [4.78, 5) is 2.19. The van der Waals surface area contributed by atoms with Crippen molar-refractivity contribution < 1.29 is 8.42 Å². The zero-order chi connectivity index (χ0) is 15.7. The van der Waals surface area contributed by atoms with E-state index in [0.29, 0.717) is 12.4 Å². The van der Waals surface area contributed by atoms with E-state index in [1.165, 1.54) is 12.8 Å². The minimum Gasteiger partial charge on any atom is -0.304 e. The Labute approximate surface area is 137 Å². The fraction of sp³-hybridized carbons (Fsp3) is 0.857. The van der Waals surface area contributed by atoms with Crippen molar-refractivity contribution in [2.24, 2.45) is 0 Å². The molecule has 0 aromatic carbocycles. The van der Waals surface area contributed by atoms with Crippen LogP contribution in [0.15, 0.2) is 0 Å². The Hall–Kier alpha value is -0.730. The van der Waals surface area contributed by atoms with E-state index in [1.54, 1.807) is 0 Å². The van der Waals surface area contributed by atoms with Crippen LogP contribution in [-0.4, -0.2) is 51.8 Å². The van der Waals surface area contributed by atoms with Crippen LogP contribution in [-0.2, 0) is 29.5 Å². The topological polar surface area (TPSA) is 60.1 Å². The number of fused-ring (bicyclic) bond motifs is 1. The Morgan fingerprint density at radius 3 is 2.86 bits per heavy atom. The number of aromatic nitrogens is 3. The van der Waals surface area contributed by atoms with Gasteiger partial charge in [0, 0.05) is 19.0 Å². The molecule has 0 aliphatic carbocycles. The average Bonchev–Trinajstić information content (AvgIpc) is 2.87. The summed E-state index contributed by atoms with van der Waals surface area (Å²) in [5.74, 6) is 1.65. The van der Waals surface area contributed by atoms with E-state index >= 15 is 0 Å². The van der Waals surface area contributed by atoms with Crippen molar-refractivity contribution in [3.63, 3.8) is 0 Å². The number of hydrogen-bond donors (Lipinski definition) is 0. The summed E-state index contributed by atoms with van der Waals surface area (Å²) < 4.78 is 28.2. The smallest absolute Gasteiger partial charge is 0.199 e. The maximum absolute atomic E-state index is 11.7. The lowest BCUT2D eigenvalue weighted by Gasteiger charge is -2.26. The lowest BCUT2D eigenvalue weighted by atomic mass is 10.2. The molecule has 6 nitrogen and oxygen atoms in total. The third kappa shape index (κ3) is 3.28. The van der Waals surface area contributed by atoms with Gasteiger partial charge in [0.15, 0.2) is 14.6 Å². The van der Waals surface area contributed by atoms with Gasteiger partial charge in [0.25, 0.3) is 0 Å². The molecule has 124 valence electrons. The second-order valence-corrected chi connectivity index (χ2v) is 8.86. The fourth-order valence-corrected chi connectivity index (χ4v) is 5.48. The van der Waals surface area contributed by atoms with E-state index in [9.17, 15) is 8.42 Å². The van der Waals surface area contributed by atoms with Gasteiger partial charge in [-0.2, -0.15) is 5.10 Å². The highest BCUT2D eigenvalue weighted by Gasteiger charge is 2.32. The minimum atomic E-state index is -2.86. The van der Waals surface area contributed by atoms with Crippen LogP contribution >= 0.6 is 12.2 Å². The second kappa shape index (κ2) is 6.41. The van der Waals surface area contributed by atoms with Crippen molar-refractivity contribution in [3.05, 3.63) is 10.6 Å². The van der Waals surface area contributed by atoms with Crippen LogP contribution in [0.3, 0.4) is 0 Å². The first-order chi connectivity index (χ1) is 10.5. The summed E-state index contributed by atoms with van der Waals surface area (Å²) in [5, 5.41) is 4.69. The van der Waals surface area contributed by atoms with E-state index in [0.717, 1.165) is 42.9 Å². The molecule has 1 aromatic rings. The van der Waals surface area contributed by atoms with E-state index in [-0.39, 0.29) is 11.8 Å². The lowest BCUT2D eigenvalue weighted by molar-refractivity contribution is 0.163. The highest BCUT2D eigenvalue weighted by molar-refractivity contribution is 7.91. The molecule has 0 spiro atoms. The van der Waals surface area contributed by atoms with Crippen molar-refractivity contribution in [2.45, 2.75) is 58.3 Å². The molecule has 3 rings (SSSR count). The van der Waals surface area contributed by atoms with E-state index in [2.05, 4.69) is 16.4 Å². The first-order valence-electron chi connectivity index (χ1n) is 8.11. The van der Waals surface area contributed by atoms with Crippen LogP contribution < -0.4 is 0 Å². The third-order valence-corrected chi connectivity index (χ3v) is 6.91. The van der Waals surface area contributed by atoms with Gasteiger partial charge in [-0.05, 0) is 38.0 Å². The van der Waals surface area contributed by atoms with Gasteiger partial charge in [0.2, 0.25) is 0 Å². The zero-order valence-corrected chi connectivity index (χ0v) is 14.7. The van der Waals surface area contributed by atoms with Crippen molar-refractivity contribution in [3.8, 4) is 0 Å². The van der Waals surface area contributed by atoms with Gasteiger partial charge < -0.3 is 4.57 Å². The van der Waals surface area contributed by atoms with Crippen LogP contribution in [0, 0.1) is 4.77 Å². The van der Waals surface area contributed by atoms with Gasteiger partial charge in [0.1, 0.15) is 5.82 Å². The minimum absolute atomic E-state index is 0.0957. The Morgan fingerprint density at radius 1 is 1.36 bits per heavy atom. The molecule has 1 aromatic heterocycles. The number of nitrogens with zero attached hydrogens (tertiary/aromatic N) is 4. The molecule has 2 aliphatic rings. The maximum Gasteiger partial charge on any atom is 0.199 e. The summed E-state index contributed by atoms with van der Waals surface area (Å²) in [7, 11) is -2.86. The number of aryl methyl sites for hydroxylation is 1. The van der Waals surface area contributed by atoms with Crippen molar-refractivity contribution in [1.82, 2.24) is 19.2 Å². The molecule has 0 N–H and O–H groups in total. The summed E-state index contributed by atoms with van der Waals surface area (Å²) in [6, 6.07) is 0.0957. The van der Waals surface area contributed by atoms with E-state index in [1.807, 2.05) is 4.68 Å². The molecular formula is C14H24N4O2S2. The fourth-order valence-electron chi connectivity index (χ4n) is 3.43. The predicted molar refractivity (Wildman–Crippen MR) is 88.0 cm³/mol. The Bertz CT molecular complexity index is 692. The quantitative estimate of drug-likeness (QED) is 0.777. The molecule has 0 saturated carbocycles. The molecule has 0 amide bonds. The van der Waals surface area contributed by atoms with Crippen molar-refractivity contribution >= 4 is 22.1 Å². The SMILES string of the molecule is CCN(Cn1nc2n(c1=S)CCCCC2)C1CCS(=O)(=O)C1. The third-order valence-electron chi connectivity index (χ3n) is 4.73. The van der Waals surface area contributed by atoms with E-state index < -0.39 is 9.84 Å². The second-order valence-electron chi connectivity index (χ2n) is 6.26. The highest BCUT2D eigenvalue weighted by atomic mass is 32.2. The zero-order valence-electron chi connectivity index (χ0n) is 13.1. The Balaban J connectivity index is 1.78. The largest absolute Gasteiger partial charge is 0.304 e. The first kappa shape index (κ1) is 16.1. The number of rotatable bonds is 4. The molecule has 1 atom stereocenters. The van der Waals surface area contributed by atoms with E-state index in [4.69, 9.17) is 17.3 Å². The average molecular weight is 345 g/mol. The molecular weight excluding hydrogens is 320 g/mol. The summed E-state index contributed by atoms with van der Waals surface area (Å²) in [6.07, 6.45) is 5.27. The molecule has 2 aliphatic heterocycles. The Morgan fingerprint density at radius 2 is 2.18 bits per heavy atom. The molecule has 1 fully saturated rings. The molecule has 1 unspecified atom stereocenters. The normalized spacial score (nSPS) is 24.4. The molecule has 0 bridgehead atoms. The van der Waals surface area contributed by atoms with Crippen molar-refractivity contribution in [2.75, 3.05) is 18.1 Å². The van der Waals surface area contributed by atoms with Crippen LogP contribution in [0.5, 0.6) is 0 Å². The van der Waals surface area contributed by atoms with Crippen LogP contribution in [0.25, 0.3) is 0 Å². The van der Waals surface area contributed by atoms with Crippen LogP contribution in [0.2, 0.25) is 0 Å². The standard InChI is InChI=1S/C14H24N4O2S2/c1-2-16(12-7-9-22(19,20)10-12)11-18-14(21)17-8-5-3-4-6-13(17)15-18/h12H,2-11H2,1H3. The summed E-state index contributed by atoms with van der Waals surface area (Å²) in [6.45, 7) is 4.42. The highest BCUT2D eigenvalue weighted by Crippen LogP contribution is 2.19. The lowest BCUT2D eigenvalue weighted by Crippen LogP contribution is -2.37. The molecule has 3 heterocycles. The molecule has 0 radical (unpaired) electrons. The number of hydrogen-bond acceptors (Lipinski definition) is 5. The summed E-state index contributed by atoms with van der Waals surface area (Å²) in [5.41, 5.74) is 0. The van der Waals surface area contributed by atoms with Crippen LogP contribution in [0.1, 0.15) is 38.4 Å². The summed E-state index contributed by atoms with van der Waals surface area (Å²) >= 11 is 5.58. The van der Waals surface area contributed by atoms with Gasteiger partial charge in [-0.25, -0.2) is 13.1 Å². The molecule has 8 heteroatoms. The van der Waals surface area contributed by atoms with Gasteiger partial charge in [-0.15, -0.1) is 0 Å². The monoisotopic (exact) mass is 344 g/mol. The Kier molecular flexibility index (Phi) is 4.70. The van der Waals surface area contributed by atoms with Gasteiger partial charge in [0.05, 0.1) is 18.2 Å². The maximum atomic E-state index is 11.7. The van der Waals surface area contributed by atoms with Gasteiger partial charge in [-0.3, -0.25) is 4.90 Å².